The summed E-state index contributed by atoms with van der Waals surface area (Å²) >= 11 is 0. The van der Waals surface area contributed by atoms with Gasteiger partial charge in [0.1, 0.15) is 0 Å². The third kappa shape index (κ3) is 7.66. The molecule has 168 valence electrons. The summed E-state index contributed by atoms with van der Waals surface area (Å²) in [6.07, 6.45) is 5.65. The van der Waals surface area contributed by atoms with Gasteiger partial charge in [0.05, 0.1) is 13.2 Å². The third-order valence-electron chi connectivity index (χ3n) is 6.23. The average Bonchev–Trinajstić information content (AvgIpc) is 3.65. The highest BCUT2D eigenvalue weighted by Crippen LogP contribution is 2.34. The zero-order valence-electron chi connectivity index (χ0n) is 18.3. The molecule has 0 aromatic heterocycles. The van der Waals surface area contributed by atoms with Crippen LogP contribution in [0.1, 0.15) is 36.8 Å². The van der Waals surface area contributed by atoms with Crippen molar-refractivity contribution in [3.63, 3.8) is 0 Å². The summed E-state index contributed by atoms with van der Waals surface area (Å²) in [5, 5.41) is 7.03. The first-order chi connectivity index (χ1) is 14.3. The summed E-state index contributed by atoms with van der Waals surface area (Å²) in [6.45, 7) is 8.89. The Balaban J connectivity index is 0.00000256. The molecule has 0 amide bonds. The highest BCUT2D eigenvalue weighted by Gasteiger charge is 2.33. The van der Waals surface area contributed by atoms with Gasteiger partial charge in [0.25, 0.3) is 0 Å². The van der Waals surface area contributed by atoms with E-state index in [1.165, 1.54) is 43.4 Å². The molecule has 2 saturated carbocycles. The molecule has 1 saturated heterocycles. The Morgan fingerprint density at radius 3 is 2.50 bits per heavy atom. The predicted octanol–water partition coefficient (Wildman–Crippen LogP) is 2.68. The lowest BCUT2D eigenvalue weighted by Crippen LogP contribution is -2.42. The van der Waals surface area contributed by atoms with Crippen molar-refractivity contribution in [1.29, 1.82) is 0 Å². The molecular formula is C23H38IN5O. The van der Waals surface area contributed by atoms with E-state index in [9.17, 15) is 0 Å². The van der Waals surface area contributed by atoms with Crippen molar-refractivity contribution in [2.75, 3.05) is 53.0 Å². The summed E-state index contributed by atoms with van der Waals surface area (Å²) in [4.78, 5) is 9.59. The van der Waals surface area contributed by atoms with E-state index < -0.39 is 0 Å². The van der Waals surface area contributed by atoms with Crippen molar-refractivity contribution in [2.45, 2.75) is 44.8 Å². The topological polar surface area (TPSA) is 52.1 Å². The van der Waals surface area contributed by atoms with Crippen LogP contribution in [0.25, 0.3) is 0 Å². The second-order valence-corrected chi connectivity index (χ2v) is 8.68. The maximum Gasteiger partial charge on any atom is 0.191 e. The summed E-state index contributed by atoms with van der Waals surface area (Å²) in [5.41, 5.74) is 2.73. The number of hydrogen-bond acceptors (Lipinski definition) is 4. The molecule has 1 heterocycles. The number of hydrogen-bond donors (Lipinski definition) is 2. The Morgan fingerprint density at radius 2 is 1.83 bits per heavy atom. The zero-order valence-corrected chi connectivity index (χ0v) is 20.6. The monoisotopic (exact) mass is 527 g/mol. The van der Waals surface area contributed by atoms with Gasteiger partial charge in [-0.1, -0.05) is 24.3 Å². The number of nitrogens with zero attached hydrogens (tertiary/aromatic N) is 3. The van der Waals surface area contributed by atoms with Gasteiger partial charge >= 0.3 is 0 Å². The van der Waals surface area contributed by atoms with Crippen LogP contribution in [-0.4, -0.2) is 74.8 Å². The van der Waals surface area contributed by atoms with E-state index in [4.69, 9.17) is 4.74 Å². The first-order valence-electron chi connectivity index (χ1n) is 11.4. The second-order valence-electron chi connectivity index (χ2n) is 8.68. The second kappa shape index (κ2) is 12.2. The molecule has 1 aromatic rings. The van der Waals surface area contributed by atoms with Gasteiger partial charge in [-0.3, -0.25) is 14.8 Å². The fraction of sp³-hybridized carbons (Fsp3) is 0.696. The number of rotatable bonds is 10. The number of benzene rings is 1. The first kappa shape index (κ1) is 23.8. The molecule has 3 fully saturated rings. The van der Waals surface area contributed by atoms with E-state index in [2.05, 4.69) is 49.7 Å². The lowest BCUT2D eigenvalue weighted by atomic mass is 10.1. The SMILES string of the molecule is CN=C(NCCN(CC1CC1)C1CC1)NCc1ccccc1CN1CCOCC1.I. The highest BCUT2D eigenvalue weighted by atomic mass is 127. The number of ether oxygens (including phenoxy) is 1. The minimum absolute atomic E-state index is 0. The molecule has 0 unspecified atom stereocenters. The van der Waals surface area contributed by atoms with Gasteiger partial charge in [-0.2, -0.15) is 0 Å². The van der Waals surface area contributed by atoms with Crippen molar-refractivity contribution >= 4 is 29.9 Å². The molecule has 0 radical (unpaired) electrons. The minimum Gasteiger partial charge on any atom is -0.379 e. The summed E-state index contributed by atoms with van der Waals surface area (Å²) in [5.74, 6) is 1.87. The van der Waals surface area contributed by atoms with Crippen LogP contribution in [-0.2, 0) is 17.8 Å². The molecule has 6 nitrogen and oxygen atoms in total. The number of nitrogens with one attached hydrogen (secondary N) is 2. The molecular weight excluding hydrogens is 489 g/mol. The fourth-order valence-electron chi connectivity index (χ4n) is 4.10. The minimum atomic E-state index is 0. The van der Waals surface area contributed by atoms with Crippen LogP contribution >= 0.6 is 24.0 Å². The van der Waals surface area contributed by atoms with Crippen molar-refractivity contribution in [3.05, 3.63) is 35.4 Å². The van der Waals surface area contributed by atoms with E-state index in [-0.39, 0.29) is 24.0 Å². The van der Waals surface area contributed by atoms with E-state index in [0.717, 1.165) is 70.4 Å². The predicted molar refractivity (Wildman–Crippen MR) is 133 cm³/mol. The number of morpholine rings is 1. The molecule has 2 aliphatic carbocycles. The standard InChI is InChI=1S/C23H37N5O.HI/c1-24-23(25-10-11-28(22-8-9-22)17-19-6-7-19)26-16-20-4-2-3-5-21(20)18-27-12-14-29-15-13-27;/h2-5,19,22H,6-18H2,1H3,(H2,24,25,26);1H. The molecule has 3 aliphatic rings. The normalized spacial score (nSPS) is 20.1. The molecule has 1 aliphatic heterocycles. The van der Waals surface area contributed by atoms with E-state index in [1.807, 2.05) is 7.05 Å². The average molecular weight is 527 g/mol. The lowest BCUT2D eigenvalue weighted by molar-refractivity contribution is 0.0341. The fourth-order valence-corrected chi connectivity index (χ4v) is 4.10. The lowest BCUT2D eigenvalue weighted by Gasteiger charge is -2.27. The zero-order chi connectivity index (χ0) is 19.9. The van der Waals surface area contributed by atoms with Gasteiger partial charge in [-0.15, -0.1) is 24.0 Å². The van der Waals surface area contributed by atoms with Gasteiger partial charge in [0.2, 0.25) is 0 Å². The number of halogens is 1. The Bertz CT molecular complexity index is 671. The van der Waals surface area contributed by atoms with Crippen molar-refractivity contribution < 1.29 is 4.74 Å². The Morgan fingerprint density at radius 1 is 1.10 bits per heavy atom. The van der Waals surface area contributed by atoms with E-state index in [1.54, 1.807) is 0 Å². The molecule has 0 spiro atoms. The van der Waals surface area contributed by atoms with Gasteiger partial charge in [-0.05, 0) is 42.7 Å². The Kier molecular flexibility index (Phi) is 9.67. The van der Waals surface area contributed by atoms with Crippen LogP contribution in [0.3, 0.4) is 0 Å². The summed E-state index contributed by atoms with van der Waals surface area (Å²) in [6, 6.07) is 9.58. The molecule has 2 N–H and O–H groups in total. The van der Waals surface area contributed by atoms with Gasteiger partial charge in [0.15, 0.2) is 5.96 Å². The molecule has 1 aromatic carbocycles. The number of aliphatic imine (C=N–C) groups is 1. The molecule has 30 heavy (non-hydrogen) atoms. The van der Waals surface area contributed by atoms with Crippen molar-refractivity contribution in [1.82, 2.24) is 20.4 Å². The van der Waals surface area contributed by atoms with Gasteiger partial charge in [-0.25, -0.2) is 0 Å². The quantitative estimate of drug-likeness (QED) is 0.279. The van der Waals surface area contributed by atoms with Crippen molar-refractivity contribution in [2.24, 2.45) is 10.9 Å². The maximum absolute atomic E-state index is 5.48. The molecule has 7 heteroatoms. The van der Waals surface area contributed by atoms with Crippen LogP contribution in [0.4, 0.5) is 0 Å². The first-order valence-corrected chi connectivity index (χ1v) is 11.4. The molecule has 4 rings (SSSR count). The van der Waals surface area contributed by atoms with E-state index >= 15 is 0 Å². The van der Waals surface area contributed by atoms with E-state index in [0.29, 0.717) is 0 Å². The highest BCUT2D eigenvalue weighted by molar-refractivity contribution is 14.0. The molecule has 0 atom stereocenters. The molecule has 0 bridgehead atoms. The maximum atomic E-state index is 5.48. The largest absolute Gasteiger partial charge is 0.379 e. The van der Waals surface area contributed by atoms with Gasteiger partial charge < -0.3 is 15.4 Å². The summed E-state index contributed by atoms with van der Waals surface area (Å²) in [7, 11) is 1.86. The van der Waals surface area contributed by atoms with Crippen molar-refractivity contribution in [3.8, 4) is 0 Å². The van der Waals surface area contributed by atoms with Crippen LogP contribution in [0.5, 0.6) is 0 Å². The summed E-state index contributed by atoms with van der Waals surface area (Å²) < 4.78 is 5.48. The van der Waals surface area contributed by atoms with Crippen LogP contribution < -0.4 is 10.6 Å². The Hall–Kier alpha value is -0.900. The smallest absolute Gasteiger partial charge is 0.191 e. The van der Waals surface area contributed by atoms with Crippen LogP contribution in [0.15, 0.2) is 29.3 Å². The van der Waals surface area contributed by atoms with Crippen LogP contribution in [0, 0.1) is 5.92 Å². The Labute approximate surface area is 198 Å². The van der Waals surface area contributed by atoms with Crippen LogP contribution in [0.2, 0.25) is 0 Å². The van der Waals surface area contributed by atoms with Gasteiger partial charge in [0, 0.05) is 58.9 Å². The number of guanidine groups is 1. The third-order valence-corrected chi connectivity index (χ3v) is 6.23.